The zero-order valence-corrected chi connectivity index (χ0v) is 9.15. The molecule has 0 unspecified atom stereocenters. The lowest BCUT2D eigenvalue weighted by atomic mass is 10.6. The van der Waals surface area contributed by atoms with Crippen LogP contribution in [0.25, 0.3) is 0 Å². The number of carbonyl (C=O) groups excluding carboxylic acids is 1. The smallest absolute Gasteiger partial charge is 0.235 e. The van der Waals surface area contributed by atoms with Gasteiger partial charge in [-0.15, -0.1) is 11.6 Å². The summed E-state index contributed by atoms with van der Waals surface area (Å²) in [6.45, 7) is -0.171. The Labute approximate surface area is 83.1 Å². The maximum Gasteiger partial charge on any atom is 0.235 e. The Morgan fingerprint density at radius 1 is 1.54 bits per heavy atom. The van der Waals surface area contributed by atoms with Crippen molar-refractivity contribution in [2.24, 2.45) is 0 Å². The van der Waals surface area contributed by atoms with Gasteiger partial charge in [-0.2, -0.15) is 4.31 Å². The second-order valence-electron chi connectivity index (χ2n) is 2.43. The molecular weight excluding hydrogens is 216 g/mol. The molecule has 0 heterocycles. The van der Waals surface area contributed by atoms with Gasteiger partial charge in [0.05, 0.1) is 12.3 Å². The van der Waals surface area contributed by atoms with Crippen LogP contribution >= 0.6 is 11.6 Å². The van der Waals surface area contributed by atoms with Gasteiger partial charge in [-0.05, 0) is 0 Å². The quantitative estimate of drug-likeness (QED) is 0.629. The lowest BCUT2D eigenvalue weighted by Gasteiger charge is -2.14. The molecule has 0 aromatic heterocycles. The summed E-state index contributed by atoms with van der Waals surface area (Å²) in [5, 5.41) is 2.33. The van der Waals surface area contributed by atoms with E-state index in [0.29, 0.717) is 0 Å². The van der Waals surface area contributed by atoms with Crippen molar-refractivity contribution in [1.29, 1.82) is 0 Å². The predicted molar refractivity (Wildman–Crippen MR) is 51.2 cm³/mol. The fourth-order valence-corrected chi connectivity index (χ4v) is 2.04. The molecule has 5 nitrogen and oxygen atoms in total. The van der Waals surface area contributed by atoms with Crippen molar-refractivity contribution >= 4 is 27.5 Å². The number of sulfonamides is 1. The highest BCUT2D eigenvalue weighted by molar-refractivity contribution is 7.89. The van der Waals surface area contributed by atoms with Crippen LogP contribution in [0.15, 0.2) is 0 Å². The van der Waals surface area contributed by atoms with E-state index in [0.717, 1.165) is 4.31 Å². The molecule has 13 heavy (non-hydrogen) atoms. The van der Waals surface area contributed by atoms with E-state index in [1.165, 1.54) is 14.1 Å². The molecule has 7 heteroatoms. The molecular formula is C6H13ClN2O3S. The summed E-state index contributed by atoms with van der Waals surface area (Å²) in [5.74, 6) is -0.469. The van der Waals surface area contributed by atoms with E-state index in [1.54, 1.807) is 0 Å². The first-order valence-electron chi connectivity index (χ1n) is 3.64. The molecule has 1 amide bonds. The van der Waals surface area contributed by atoms with Crippen molar-refractivity contribution < 1.29 is 13.2 Å². The number of rotatable bonds is 5. The van der Waals surface area contributed by atoms with Crippen molar-refractivity contribution in [3.8, 4) is 0 Å². The molecule has 0 aliphatic carbocycles. The first-order valence-corrected chi connectivity index (χ1v) is 5.79. The number of nitrogens with zero attached hydrogens (tertiary/aromatic N) is 1. The van der Waals surface area contributed by atoms with Crippen molar-refractivity contribution in [2.75, 3.05) is 32.3 Å². The van der Waals surface area contributed by atoms with Crippen molar-refractivity contribution in [3.05, 3.63) is 0 Å². The Hall–Kier alpha value is -0.330. The van der Waals surface area contributed by atoms with Gasteiger partial charge in [0.2, 0.25) is 15.9 Å². The van der Waals surface area contributed by atoms with Crippen LogP contribution in [0, 0.1) is 0 Å². The summed E-state index contributed by atoms with van der Waals surface area (Å²) >= 11 is 5.29. The van der Waals surface area contributed by atoms with Crippen LogP contribution in [0.4, 0.5) is 0 Å². The minimum absolute atomic E-state index is 0.0282. The Kier molecular flexibility index (Phi) is 5.27. The number of amides is 1. The van der Waals surface area contributed by atoms with Crippen molar-refractivity contribution in [1.82, 2.24) is 9.62 Å². The van der Waals surface area contributed by atoms with Gasteiger partial charge in [-0.25, -0.2) is 8.42 Å². The molecule has 0 aliphatic heterocycles. The summed E-state index contributed by atoms with van der Waals surface area (Å²) < 4.78 is 23.5. The average molecular weight is 229 g/mol. The molecule has 0 radical (unpaired) electrons. The normalized spacial score (nSPS) is 11.7. The van der Waals surface area contributed by atoms with Crippen LogP contribution in [0.5, 0.6) is 0 Å². The molecule has 0 aromatic rings. The highest BCUT2D eigenvalue weighted by Gasteiger charge is 2.18. The van der Waals surface area contributed by atoms with Crippen LogP contribution in [0.3, 0.4) is 0 Å². The maximum absolute atomic E-state index is 11.2. The Morgan fingerprint density at radius 3 is 2.46 bits per heavy atom. The van der Waals surface area contributed by atoms with E-state index < -0.39 is 10.0 Å². The molecule has 0 saturated carbocycles. The second-order valence-corrected chi connectivity index (χ2v) is 5.01. The zero-order chi connectivity index (χ0) is 10.5. The highest BCUT2D eigenvalue weighted by atomic mass is 35.5. The molecule has 0 saturated heterocycles. The minimum atomic E-state index is -3.37. The summed E-state index contributed by atoms with van der Waals surface area (Å²) in [6, 6.07) is 0. The highest BCUT2D eigenvalue weighted by Crippen LogP contribution is 1.98. The van der Waals surface area contributed by atoms with Crippen molar-refractivity contribution in [3.63, 3.8) is 0 Å². The molecule has 0 atom stereocenters. The van der Waals surface area contributed by atoms with Crippen molar-refractivity contribution in [2.45, 2.75) is 0 Å². The SMILES string of the molecule is CNC(=O)CN(C)S(=O)(=O)CCCl. The van der Waals surface area contributed by atoms with E-state index in [9.17, 15) is 13.2 Å². The van der Waals surface area contributed by atoms with Gasteiger partial charge in [-0.3, -0.25) is 4.79 Å². The molecule has 1 N–H and O–H groups in total. The van der Waals surface area contributed by atoms with Gasteiger partial charge in [0, 0.05) is 20.0 Å². The zero-order valence-electron chi connectivity index (χ0n) is 7.58. The number of alkyl halides is 1. The van der Waals surface area contributed by atoms with Crippen LogP contribution < -0.4 is 5.32 Å². The monoisotopic (exact) mass is 228 g/mol. The summed E-state index contributed by atoms with van der Waals surface area (Å²) in [4.78, 5) is 10.8. The van der Waals surface area contributed by atoms with Gasteiger partial charge in [0.1, 0.15) is 0 Å². The van der Waals surface area contributed by atoms with Gasteiger partial charge < -0.3 is 5.32 Å². The van der Waals surface area contributed by atoms with Crippen LogP contribution in [-0.2, 0) is 14.8 Å². The third-order valence-electron chi connectivity index (χ3n) is 1.46. The number of halogens is 1. The third-order valence-corrected chi connectivity index (χ3v) is 3.67. The fourth-order valence-electron chi connectivity index (χ4n) is 0.633. The van der Waals surface area contributed by atoms with Gasteiger partial charge in [0.15, 0.2) is 0 Å². The van der Waals surface area contributed by atoms with Gasteiger partial charge in [-0.1, -0.05) is 0 Å². The molecule has 0 rings (SSSR count). The van der Waals surface area contributed by atoms with E-state index in [-0.39, 0.29) is 24.1 Å². The Bertz CT molecular complexity index is 265. The third kappa shape index (κ3) is 4.44. The van der Waals surface area contributed by atoms with Crippen LogP contribution in [0.2, 0.25) is 0 Å². The Balaban J connectivity index is 4.25. The van der Waals surface area contributed by atoms with Gasteiger partial charge in [0.25, 0.3) is 0 Å². The predicted octanol–water partition coefficient (Wildman–Crippen LogP) is -0.767. The lowest BCUT2D eigenvalue weighted by Crippen LogP contribution is -2.38. The largest absolute Gasteiger partial charge is 0.358 e. The standard InChI is InChI=1S/C6H13ClN2O3S/c1-8-6(10)5-9(2)13(11,12)4-3-7/h3-5H2,1-2H3,(H,8,10). The topological polar surface area (TPSA) is 66.5 Å². The van der Waals surface area contributed by atoms with E-state index in [4.69, 9.17) is 11.6 Å². The number of nitrogens with one attached hydrogen (secondary N) is 1. The number of hydrogen-bond acceptors (Lipinski definition) is 3. The first kappa shape index (κ1) is 12.7. The van der Waals surface area contributed by atoms with E-state index in [2.05, 4.69) is 5.32 Å². The molecule has 0 fully saturated rings. The molecule has 0 bridgehead atoms. The first-order chi connectivity index (χ1) is 5.94. The van der Waals surface area contributed by atoms with E-state index in [1.807, 2.05) is 0 Å². The number of carbonyl (C=O) groups is 1. The summed E-state index contributed by atoms with van der Waals surface area (Å²) in [7, 11) is -0.582. The number of likely N-dealkylation sites (N-methyl/N-ethyl adjacent to an activating group) is 2. The maximum atomic E-state index is 11.2. The lowest BCUT2D eigenvalue weighted by molar-refractivity contribution is -0.120. The van der Waals surface area contributed by atoms with E-state index >= 15 is 0 Å². The second kappa shape index (κ2) is 5.41. The molecule has 78 valence electrons. The van der Waals surface area contributed by atoms with Crippen LogP contribution in [0.1, 0.15) is 0 Å². The fraction of sp³-hybridized carbons (Fsp3) is 0.833. The number of hydrogen-bond donors (Lipinski definition) is 1. The summed E-state index contributed by atoms with van der Waals surface area (Å²) in [5.41, 5.74) is 0. The van der Waals surface area contributed by atoms with Crippen LogP contribution in [-0.4, -0.2) is 50.9 Å². The Morgan fingerprint density at radius 2 is 2.08 bits per heavy atom. The average Bonchev–Trinajstić information content (AvgIpc) is 2.04. The minimum Gasteiger partial charge on any atom is -0.358 e. The molecule has 0 aliphatic rings. The van der Waals surface area contributed by atoms with Gasteiger partial charge >= 0.3 is 0 Å². The molecule has 0 spiro atoms. The summed E-state index contributed by atoms with van der Waals surface area (Å²) in [6.07, 6.45) is 0. The molecule has 0 aromatic carbocycles.